The van der Waals surface area contributed by atoms with E-state index in [0.717, 1.165) is 22.0 Å². The van der Waals surface area contributed by atoms with E-state index in [-0.39, 0.29) is 11.0 Å². The average Bonchev–Trinajstić information content (AvgIpc) is 2.94. The van der Waals surface area contributed by atoms with Gasteiger partial charge >= 0.3 is 0 Å². The van der Waals surface area contributed by atoms with Gasteiger partial charge in [0, 0.05) is 24.2 Å². The maximum absolute atomic E-state index is 12.9. The quantitative estimate of drug-likeness (QED) is 0.607. The third-order valence-corrected chi connectivity index (χ3v) is 4.38. The number of aromatic nitrogens is 2. The Labute approximate surface area is 144 Å². The number of nitrogens with zero attached hydrogens (tertiary/aromatic N) is 2. The number of benzene rings is 2. The summed E-state index contributed by atoms with van der Waals surface area (Å²) in [5.74, 6) is 0.405. The molecule has 5 nitrogen and oxygen atoms in total. The van der Waals surface area contributed by atoms with Gasteiger partial charge in [-0.3, -0.25) is 9.48 Å². The number of aryl methyl sites for hydroxylation is 2. The molecule has 4 rings (SSSR count). The summed E-state index contributed by atoms with van der Waals surface area (Å²) in [6, 6.07) is 11.2. The molecule has 0 aliphatic carbocycles. The van der Waals surface area contributed by atoms with E-state index in [2.05, 4.69) is 5.10 Å². The summed E-state index contributed by atoms with van der Waals surface area (Å²) < 4.78 is 7.78. The Morgan fingerprint density at radius 1 is 1.20 bits per heavy atom. The van der Waals surface area contributed by atoms with Gasteiger partial charge in [-0.15, -0.1) is 0 Å². The van der Waals surface area contributed by atoms with Crippen molar-refractivity contribution in [3.8, 4) is 11.3 Å². The normalized spacial score (nSPS) is 12.8. The zero-order valence-electron chi connectivity index (χ0n) is 14.3. The summed E-state index contributed by atoms with van der Waals surface area (Å²) in [4.78, 5) is 12.9. The Morgan fingerprint density at radius 2 is 2.00 bits per heavy atom. The van der Waals surface area contributed by atoms with Crippen LogP contribution in [0.4, 0.5) is 0 Å². The maximum atomic E-state index is 12.9. The second-order valence-electron chi connectivity index (χ2n) is 6.43. The van der Waals surface area contributed by atoms with Gasteiger partial charge in [-0.1, -0.05) is 11.6 Å². The molecule has 0 bridgehead atoms. The third-order valence-electron chi connectivity index (χ3n) is 4.38. The largest absolute Gasteiger partial charge is 0.455 e. The van der Waals surface area contributed by atoms with E-state index in [0.29, 0.717) is 16.7 Å². The number of rotatable bonds is 2. The van der Waals surface area contributed by atoms with Crippen molar-refractivity contribution < 1.29 is 9.52 Å². The fourth-order valence-electron chi connectivity index (χ4n) is 3.21. The molecule has 0 spiro atoms. The van der Waals surface area contributed by atoms with Crippen LogP contribution in [0.2, 0.25) is 0 Å². The predicted octanol–water partition coefficient (Wildman–Crippen LogP) is 3.71. The molecule has 0 fully saturated rings. The first kappa shape index (κ1) is 15.6. The minimum absolute atomic E-state index is 0.193. The Balaban J connectivity index is 2.06. The van der Waals surface area contributed by atoms with Crippen LogP contribution in [0.3, 0.4) is 0 Å². The van der Waals surface area contributed by atoms with Crippen LogP contribution in [0.25, 0.3) is 33.2 Å². The highest BCUT2D eigenvalue weighted by Gasteiger charge is 2.20. The highest BCUT2D eigenvalue weighted by atomic mass is 16.3. The molecule has 25 heavy (non-hydrogen) atoms. The molecule has 126 valence electrons. The smallest absolute Gasteiger partial charge is 0.199 e. The van der Waals surface area contributed by atoms with Gasteiger partial charge in [0.15, 0.2) is 5.43 Å². The van der Waals surface area contributed by atoms with Crippen LogP contribution >= 0.6 is 0 Å². The lowest BCUT2D eigenvalue weighted by molar-refractivity contribution is 0.197. The van der Waals surface area contributed by atoms with Gasteiger partial charge < -0.3 is 9.52 Å². The van der Waals surface area contributed by atoms with E-state index >= 15 is 0 Å². The van der Waals surface area contributed by atoms with Crippen molar-refractivity contribution in [1.29, 1.82) is 0 Å². The highest BCUT2D eigenvalue weighted by molar-refractivity contribution is 5.86. The van der Waals surface area contributed by atoms with Crippen molar-refractivity contribution in [1.82, 2.24) is 9.78 Å². The van der Waals surface area contributed by atoms with Gasteiger partial charge in [0.05, 0.1) is 22.6 Å². The van der Waals surface area contributed by atoms with Crippen molar-refractivity contribution >= 4 is 21.9 Å². The number of fused-ring (bicyclic) bond motifs is 2. The lowest BCUT2D eigenvalue weighted by atomic mass is 10.00. The molecule has 0 aliphatic heterocycles. The van der Waals surface area contributed by atoms with E-state index < -0.39 is 6.10 Å². The molecular weight excluding hydrogens is 316 g/mol. The molecule has 1 atom stereocenters. The zero-order chi connectivity index (χ0) is 17.7. The van der Waals surface area contributed by atoms with E-state index in [4.69, 9.17) is 4.42 Å². The van der Waals surface area contributed by atoms with Crippen LogP contribution in [0, 0.1) is 6.92 Å². The molecule has 1 unspecified atom stereocenters. The molecule has 0 saturated carbocycles. The topological polar surface area (TPSA) is 68.3 Å². The van der Waals surface area contributed by atoms with Crippen LogP contribution in [-0.4, -0.2) is 14.9 Å². The Hall–Kier alpha value is -2.92. The standard InChI is InChI=1S/C20H18N2O3/c1-11-4-7-17-15(8-11)19(24)18(12(2)23)20(25-17)13-5-6-16-14(9-13)10-22(3)21-16/h4-10,12,23H,1-3H3. The summed E-state index contributed by atoms with van der Waals surface area (Å²) in [7, 11) is 1.86. The van der Waals surface area contributed by atoms with Crippen molar-refractivity contribution in [3.05, 3.63) is 63.9 Å². The van der Waals surface area contributed by atoms with E-state index in [1.54, 1.807) is 23.7 Å². The van der Waals surface area contributed by atoms with Crippen molar-refractivity contribution in [2.45, 2.75) is 20.0 Å². The molecule has 2 aromatic carbocycles. The van der Waals surface area contributed by atoms with E-state index in [1.165, 1.54) is 0 Å². The second kappa shape index (κ2) is 5.57. The maximum Gasteiger partial charge on any atom is 0.199 e. The molecule has 0 aliphatic rings. The number of aliphatic hydroxyl groups excluding tert-OH is 1. The molecule has 4 aromatic rings. The molecule has 2 heterocycles. The van der Waals surface area contributed by atoms with Crippen LogP contribution < -0.4 is 5.43 Å². The Kier molecular flexibility index (Phi) is 3.47. The molecule has 0 saturated heterocycles. The third kappa shape index (κ3) is 2.53. The van der Waals surface area contributed by atoms with Crippen molar-refractivity contribution in [3.63, 3.8) is 0 Å². The number of aliphatic hydroxyl groups is 1. The van der Waals surface area contributed by atoms with Gasteiger partial charge in [-0.2, -0.15) is 5.10 Å². The summed E-state index contributed by atoms with van der Waals surface area (Å²) in [5, 5.41) is 16.0. The predicted molar refractivity (Wildman–Crippen MR) is 97.6 cm³/mol. The van der Waals surface area contributed by atoms with Crippen LogP contribution in [0.1, 0.15) is 24.2 Å². The molecule has 0 radical (unpaired) electrons. The van der Waals surface area contributed by atoms with Gasteiger partial charge in [0.25, 0.3) is 0 Å². The summed E-state index contributed by atoms with van der Waals surface area (Å²) in [6.07, 6.45) is 0.976. The van der Waals surface area contributed by atoms with Crippen LogP contribution in [0.15, 0.2) is 51.8 Å². The fraction of sp³-hybridized carbons (Fsp3) is 0.200. The average molecular weight is 334 g/mol. The first-order valence-electron chi connectivity index (χ1n) is 8.13. The molecular formula is C20H18N2O3. The SMILES string of the molecule is Cc1ccc2oc(-c3ccc4nn(C)cc4c3)c(C(C)O)c(=O)c2c1. The molecule has 2 aromatic heterocycles. The van der Waals surface area contributed by atoms with E-state index in [1.807, 2.05) is 44.4 Å². The lowest BCUT2D eigenvalue weighted by Gasteiger charge is -2.12. The van der Waals surface area contributed by atoms with Gasteiger partial charge in [0.2, 0.25) is 0 Å². The molecule has 0 amide bonds. The Morgan fingerprint density at radius 3 is 2.76 bits per heavy atom. The monoisotopic (exact) mass is 334 g/mol. The van der Waals surface area contributed by atoms with Gasteiger partial charge in [-0.25, -0.2) is 0 Å². The van der Waals surface area contributed by atoms with Crippen molar-refractivity contribution in [2.24, 2.45) is 7.05 Å². The second-order valence-corrected chi connectivity index (χ2v) is 6.43. The lowest BCUT2D eigenvalue weighted by Crippen LogP contribution is -2.14. The molecule has 5 heteroatoms. The highest BCUT2D eigenvalue weighted by Crippen LogP contribution is 2.31. The number of hydrogen-bond acceptors (Lipinski definition) is 4. The van der Waals surface area contributed by atoms with Crippen LogP contribution in [-0.2, 0) is 7.05 Å². The zero-order valence-corrected chi connectivity index (χ0v) is 14.3. The number of hydrogen-bond donors (Lipinski definition) is 1. The minimum atomic E-state index is -0.930. The van der Waals surface area contributed by atoms with E-state index in [9.17, 15) is 9.90 Å². The minimum Gasteiger partial charge on any atom is -0.455 e. The van der Waals surface area contributed by atoms with Gasteiger partial charge in [-0.05, 0) is 44.2 Å². The first-order chi connectivity index (χ1) is 11.9. The fourth-order valence-corrected chi connectivity index (χ4v) is 3.21. The van der Waals surface area contributed by atoms with Gasteiger partial charge in [0.1, 0.15) is 11.3 Å². The summed E-state index contributed by atoms with van der Waals surface area (Å²) in [5.41, 5.74) is 3.18. The summed E-state index contributed by atoms with van der Waals surface area (Å²) in [6.45, 7) is 3.51. The first-order valence-corrected chi connectivity index (χ1v) is 8.13. The van der Waals surface area contributed by atoms with Crippen molar-refractivity contribution in [2.75, 3.05) is 0 Å². The summed E-state index contributed by atoms with van der Waals surface area (Å²) >= 11 is 0. The Bertz CT molecular complexity index is 1170. The molecule has 1 N–H and O–H groups in total. The van der Waals surface area contributed by atoms with Crippen LogP contribution in [0.5, 0.6) is 0 Å².